The first-order valence-corrected chi connectivity index (χ1v) is 10.9. The molecule has 1 unspecified atom stereocenters. The maximum Gasteiger partial charge on any atom is 0.320 e. The summed E-state index contributed by atoms with van der Waals surface area (Å²) in [5.74, 6) is 0.00910. The lowest BCUT2D eigenvalue weighted by molar-refractivity contribution is -0.138. The molecular formula is C27H33N3O3. The van der Waals surface area contributed by atoms with Gasteiger partial charge in [0.25, 0.3) is 0 Å². The zero-order chi connectivity index (χ0) is 24.4. The number of aromatic amines is 1. The molecular weight excluding hydrogens is 414 g/mol. The van der Waals surface area contributed by atoms with E-state index in [2.05, 4.69) is 60.2 Å². The highest BCUT2D eigenvalue weighted by Crippen LogP contribution is 2.21. The Labute approximate surface area is 195 Å². The second kappa shape index (κ2) is 12.5. The van der Waals surface area contributed by atoms with E-state index in [1.54, 1.807) is 0 Å². The molecule has 1 heterocycles. The van der Waals surface area contributed by atoms with E-state index in [1.807, 2.05) is 37.3 Å². The van der Waals surface area contributed by atoms with E-state index >= 15 is 0 Å². The second-order valence-corrected chi connectivity index (χ2v) is 7.74. The Morgan fingerprint density at radius 3 is 2.00 bits per heavy atom. The van der Waals surface area contributed by atoms with Gasteiger partial charge in [0.1, 0.15) is 11.9 Å². The van der Waals surface area contributed by atoms with Gasteiger partial charge in [-0.2, -0.15) is 0 Å². The minimum atomic E-state index is -0.968. The lowest BCUT2D eigenvalue weighted by Gasteiger charge is -2.08. The van der Waals surface area contributed by atoms with Crippen LogP contribution in [0.5, 0.6) is 0 Å². The van der Waals surface area contributed by atoms with Crippen molar-refractivity contribution in [2.45, 2.75) is 39.7 Å². The molecule has 0 saturated carbocycles. The molecule has 6 nitrogen and oxygen atoms in total. The zero-order valence-electron chi connectivity index (χ0n) is 19.7. The molecule has 0 aliphatic heterocycles. The van der Waals surface area contributed by atoms with Gasteiger partial charge in [0.05, 0.1) is 11.0 Å². The van der Waals surface area contributed by atoms with Crippen LogP contribution in [-0.2, 0) is 17.6 Å². The van der Waals surface area contributed by atoms with E-state index < -0.39 is 12.0 Å². The largest absolute Gasteiger partial charge is 0.480 e. The van der Waals surface area contributed by atoms with Gasteiger partial charge in [-0.25, -0.2) is 4.98 Å². The fourth-order valence-electron chi connectivity index (χ4n) is 3.36. The van der Waals surface area contributed by atoms with Crippen LogP contribution in [0.3, 0.4) is 0 Å². The predicted molar refractivity (Wildman–Crippen MR) is 134 cm³/mol. The van der Waals surface area contributed by atoms with Gasteiger partial charge in [0.15, 0.2) is 0 Å². The third-order valence-electron chi connectivity index (χ3n) is 5.18. The first-order chi connectivity index (χ1) is 15.9. The molecule has 4 aromatic rings. The Morgan fingerprint density at radius 2 is 1.48 bits per heavy atom. The van der Waals surface area contributed by atoms with Crippen LogP contribution in [0.4, 0.5) is 0 Å². The normalized spacial score (nSPS) is 11.1. The van der Waals surface area contributed by atoms with E-state index in [0.717, 1.165) is 47.1 Å². The lowest BCUT2D eigenvalue weighted by atomic mass is 10.00. The number of hydrogen-bond acceptors (Lipinski definition) is 4. The van der Waals surface area contributed by atoms with Crippen LogP contribution in [0, 0.1) is 13.8 Å². The molecule has 33 heavy (non-hydrogen) atoms. The highest BCUT2D eigenvalue weighted by molar-refractivity contribution is 5.75. The summed E-state index contributed by atoms with van der Waals surface area (Å²) >= 11 is 0. The number of nitrogens with zero attached hydrogens (tertiary/aromatic N) is 1. The van der Waals surface area contributed by atoms with Gasteiger partial charge >= 0.3 is 5.97 Å². The van der Waals surface area contributed by atoms with Crippen molar-refractivity contribution in [1.29, 1.82) is 0 Å². The number of H-pyrrole nitrogens is 1. The van der Waals surface area contributed by atoms with Crippen LogP contribution in [0.25, 0.3) is 22.2 Å². The number of aliphatic hydroxyl groups excluding tert-OH is 1. The van der Waals surface area contributed by atoms with Gasteiger partial charge in [-0.1, -0.05) is 61.5 Å². The van der Waals surface area contributed by atoms with Crippen LogP contribution in [0.15, 0.2) is 66.7 Å². The lowest BCUT2D eigenvalue weighted by Crippen LogP contribution is -2.32. The topological polar surface area (TPSA) is 112 Å². The average molecular weight is 448 g/mol. The molecule has 0 aliphatic carbocycles. The molecule has 0 amide bonds. The molecule has 0 fully saturated rings. The highest BCUT2D eigenvalue weighted by Gasteiger charge is 2.11. The van der Waals surface area contributed by atoms with Crippen molar-refractivity contribution in [3.63, 3.8) is 0 Å². The van der Waals surface area contributed by atoms with E-state index in [-0.39, 0.29) is 0 Å². The van der Waals surface area contributed by atoms with Crippen molar-refractivity contribution in [1.82, 2.24) is 9.97 Å². The first kappa shape index (κ1) is 25.8. The molecule has 0 spiro atoms. The molecule has 6 heteroatoms. The van der Waals surface area contributed by atoms with Gasteiger partial charge in [-0.15, -0.1) is 0 Å². The number of rotatable bonds is 5. The molecule has 0 saturated heterocycles. The first-order valence-electron chi connectivity index (χ1n) is 10.9. The Hall–Kier alpha value is -3.48. The number of aliphatic carboxylic acids is 1. The quantitative estimate of drug-likeness (QED) is 0.355. The molecule has 5 N–H and O–H groups in total. The summed E-state index contributed by atoms with van der Waals surface area (Å²) in [5, 5.41) is 15.8. The third kappa shape index (κ3) is 7.56. The number of nitrogens with one attached hydrogen (secondary N) is 1. The number of carboxylic acid groups (broad SMARTS) is 1. The van der Waals surface area contributed by atoms with E-state index in [0.29, 0.717) is 6.42 Å². The summed E-state index contributed by atoms with van der Waals surface area (Å²) < 4.78 is 0. The standard InChI is InChI=1S/C17H19NO2.C9H10N2.CH4O/c1-2-12-3-7-14(8-4-12)15-9-5-13(6-10-15)11-16(18)17(19)20;1-6-3-4-8-9(5-6)11-7(2)10-8;1-2/h3-10,16H,2,11,18H2,1H3,(H,19,20);3-5H,1-2H3,(H,10,11);2H,1H3. The molecule has 1 atom stereocenters. The number of benzene rings is 3. The highest BCUT2D eigenvalue weighted by atomic mass is 16.4. The molecule has 3 aromatic carbocycles. The Balaban J connectivity index is 0.000000249. The number of fused-ring (bicyclic) bond motifs is 1. The van der Waals surface area contributed by atoms with Crippen molar-refractivity contribution in [3.05, 3.63) is 89.2 Å². The molecule has 0 aliphatic rings. The molecule has 0 bridgehead atoms. The number of aryl methyl sites for hydroxylation is 3. The van der Waals surface area contributed by atoms with Gasteiger partial charge in [0.2, 0.25) is 0 Å². The maximum absolute atomic E-state index is 10.7. The summed E-state index contributed by atoms with van der Waals surface area (Å²) in [4.78, 5) is 18.2. The summed E-state index contributed by atoms with van der Waals surface area (Å²) in [6.07, 6.45) is 1.39. The van der Waals surface area contributed by atoms with Gasteiger partial charge in [0, 0.05) is 7.11 Å². The van der Waals surface area contributed by atoms with Gasteiger partial charge in [-0.05, 0) is 66.6 Å². The van der Waals surface area contributed by atoms with Crippen molar-refractivity contribution in [3.8, 4) is 11.1 Å². The maximum atomic E-state index is 10.7. The molecule has 1 aromatic heterocycles. The SMILES string of the molecule is CCc1ccc(-c2ccc(CC(N)C(=O)O)cc2)cc1.CO.Cc1ccc2nc(C)[nH]c2c1. The van der Waals surface area contributed by atoms with Crippen molar-refractivity contribution in [2.24, 2.45) is 5.73 Å². The zero-order valence-corrected chi connectivity index (χ0v) is 19.7. The van der Waals surface area contributed by atoms with Crippen molar-refractivity contribution in [2.75, 3.05) is 7.11 Å². The average Bonchev–Trinajstić information content (AvgIpc) is 3.20. The Bertz CT molecular complexity index is 1150. The Kier molecular flexibility index (Phi) is 9.79. The summed E-state index contributed by atoms with van der Waals surface area (Å²) in [6, 6.07) is 21.7. The summed E-state index contributed by atoms with van der Waals surface area (Å²) in [6.45, 7) is 6.18. The smallest absolute Gasteiger partial charge is 0.320 e. The predicted octanol–water partition coefficient (Wildman–Crippen LogP) is 4.66. The van der Waals surface area contributed by atoms with Crippen molar-refractivity contribution >= 4 is 17.0 Å². The summed E-state index contributed by atoms with van der Waals surface area (Å²) in [7, 11) is 1.00. The van der Waals surface area contributed by atoms with Gasteiger partial charge < -0.3 is 20.9 Å². The van der Waals surface area contributed by atoms with Crippen LogP contribution < -0.4 is 5.73 Å². The number of aliphatic hydroxyl groups is 1. The minimum absolute atomic E-state index is 0.352. The monoisotopic (exact) mass is 447 g/mol. The number of hydrogen-bond donors (Lipinski definition) is 4. The van der Waals surface area contributed by atoms with E-state index in [4.69, 9.17) is 15.9 Å². The second-order valence-electron chi connectivity index (χ2n) is 7.74. The molecule has 4 rings (SSSR count). The van der Waals surface area contributed by atoms with E-state index in [1.165, 1.54) is 11.1 Å². The fourth-order valence-corrected chi connectivity index (χ4v) is 3.36. The van der Waals surface area contributed by atoms with Crippen LogP contribution in [0.1, 0.15) is 29.4 Å². The molecule has 174 valence electrons. The van der Waals surface area contributed by atoms with Crippen LogP contribution in [0.2, 0.25) is 0 Å². The minimum Gasteiger partial charge on any atom is -0.480 e. The number of aromatic nitrogens is 2. The number of carboxylic acids is 1. The van der Waals surface area contributed by atoms with Crippen molar-refractivity contribution < 1.29 is 15.0 Å². The third-order valence-corrected chi connectivity index (χ3v) is 5.18. The number of carbonyl (C=O) groups is 1. The van der Waals surface area contributed by atoms with Crippen LogP contribution >= 0.6 is 0 Å². The molecule has 0 radical (unpaired) electrons. The summed E-state index contributed by atoms with van der Waals surface area (Å²) in [5.41, 5.74) is 13.5. The van der Waals surface area contributed by atoms with Crippen LogP contribution in [-0.4, -0.2) is 39.3 Å². The van der Waals surface area contributed by atoms with E-state index in [9.17, 15) is 4.79 Å². The number of imidazole rings is 1. The van der Waals surface area contributed by atoms with Gasteiger partial charge in [-0.3, -0.25) is 4.79 Å². The Morgan fingerprint density at radius 1 is 0.939 bits per heavy atom. The fraction of sp³-hybridized carbons (Fsp3) is 0.259. The number of nitrogens with two attached hydrogens (primary N) is 1.